The van der Waals surface area contributed by atoms with Gasteiger partial charge in [0, 0.05) is 29.1 Å². The topological polar surface area (TPSA) is 66.8 Å². The first-order valence-electron chi connectivity index (χ1n) is 11.0. The summed E-state index contributed by atoms with van der Waals surface area (Å²) in [5.74, 6) is -0.154. The van der Waals surface area contributed by atoms with Gasteiger partial charge in [0.1, 0.15) is 12.4 Å². The van der Waals surface area contributed by atoms with Crippen LogP contribution in [-0.2, 0) is 20.8 Å². The van der Waals surface area contributed by atoms with E-state index in [1.165, 1.54) is 7.11 Å². The van der Waals surface area contributed by atoms with Crippen LogP contribution in [0.1, 0.15) is 41.0 Å². The molecule has 0 aliphatic carbocycles. The van der Waals surface area contributed by atoms with Crippen LogP contribution in [0.3, 0.4) is 0 Å². The standard InChI is InChI=1S/C27H31NO5/c1-7-13-32-26(29)21-11-12-24-23(15-21)18(4)19(5)28(24)16-20-9-8-10-22(14-20)33-25(17(2)3)27(30)31-6/h7-12,14-15,17,25H,1,13,16H2,2-6H3. The number of carbonyl (C=O) groups excluding carboxylic acids is 2. The van der Waals surface area contributed by atoms with Gasteiger partial charge in [0.25, 0.3) is 0 Å². The maximum Gasteiger partial charge on any atom is 0.347 e. The lowest BCUT2D eigenvalue weighted by Gasteiger charge is -2.20. The molecule has 0 bridgehead atoms. The molecule has 0 radical (unpaired) electrons. The Morgan fingerprint density at radius 2 is 1.88 bits per heavy atom. The molecule has 3 aromatic rings. The second-order valence-electron chi connectivity index (χ2n) is 8.37. The number of aromatic nitrogens is 1. The number of carbonyl (C=O) groups is 2. The Labute approximate surface area is 194 Å². The molecular formula is C27H31NO5. The molecule has 6 heteroatoms. The summed E-state index contributed by atoms with van der Waals surface area (Å²) in [6, 6.07) is 13.3. The van der Waals surface area contributed by atoms with Crippen LogP contribution in [0.5, 0.6) is 5.75 Å². The molecule has 3 rings (SSSR count). The summed E-state index contributed by atoms with van der Waals surface area (Å²) in [5.41, 5.74) is 4.81. The smallest absolute Gasteiger partial charge is 0.347 e. The molecule has 0 saturated carbocycles. The van der Waals surface area contributed by atoms with Gasteiger partial charge in [-0.15, -0.1) is 0 Å². The maximum atomic E-state index is 12.3. The maximum absolute atomic E-state index is 12.3. The lowest BCUT2D eigenvalue weighted by atomic mass is 10.1. The predicted octanol–water partition coefficient (Wildman–Crippen LogP) is 5.23. The van der Waals surface area contributed by atoms with Gasteiger partial charge in [-0.25, -0.2) is 9.59 Å². The van der Waals surface area contributed by atoms with Crippen LogP contribution in [0.4, 0.5) is 0 Å². The van der Waals surface area contributed by atoms with Crippen molar-refractivity contribution in [3.05, 3.63) is 77.5 Å². The van der Waals surface area contributed by atoms with Crippen LogP contribution in [0.15, 0.2) is 55.1 Å². The van der Waals surface area contributed by atoms with E-state index in [9.17, 15) is 9.59 Å². The van der Waals surface area contributed by atoms with E-state index in [2.05, 4.69) is 25.0 Å². The van der Waals surface area contributed by atoms with Gasteiger partial charge < -0.3 is 18.8 Å². The van der Waals surface area contributed by atoms with Crippen molar-refractivity contribution >= 4 is 22.8 Å². The molecule has 0 aliphatic heterocycles. The summed E-state index contributed by atoms with van der Waals surface area (Å²) < 4.78 is 18.2. The fourth-order valence-electron chi connectivity index (χ4n) is 3.82. The molecule has 1 aromatic heterocycles. The Hall–Kier alpha value is -3.54. The number of rotatable bonds is 9. The number of benzene rings is 2. The minimum atomic E-state index is -0.666. The molecule has 0 spiro atoms. The number of ether oxygens (including phenoxy) is 3. The number of nitrogens with zero attached hydrogens (tertiary/aromatic N) is 1. The quantitative estimate of drug-likeness (QED) is 0.331. The zero-order valence-electron chi connectivity index (χ0n) is 19.9. The number of hydrogen-bond acceptors (Lipinski definition) is 5. The Morgan fingerprint density at radius 3 is 2.55 bits per heavy atom. The van der Waals surface area contributed by atoms with Gasteiger partial charge in [-0.2, -0.15) is 0 Å². The molecule has 0 N–H and O–H groups in total. The summed E-state index contributed by atoms with van der Waals surface area (Å²) in [6.07, 6.45) is 0.884. The molecule has 1 unspecified atom stereocenters. The molecule has 174 valence electrons. The highest BCUT2D eigenvalue weighted by Gasteiger charge is 2.25. The van der Waals surface area contributed by atoms with E-state index in [0.29, 0.717) is 17.9 Å². The second-order valence-corrected chi connectivity index (χ2v) is 8.37. The normalized spacial score (nSPS) is 11.9. The summed E-state index contributed by atoms with van der Waals surface area (Å²) >= 11 is 0. The first-order valence-corrected chi connectivity index (χ1v) is 11.0. The van der Waals surface area contributed by atoms with Crippen LogP contribution >= 0.6 is 0 Å². The van der Waals surface area contributed by atoms with Crippen LogP contribution in [0.25, 0.3) is 10.9 Å². The minimum absolute atomic E-state index is 0.0215. The van der Waals surface area contributed by atoms with Gasteiger partial charge in [-0.05, 0) is 55.3 Å². The molecule has 0 fully saturated rings. The van der Waals surface area contributed by atoms with E-state index in [1.54, 1.807) is 12.1 Å². The van der Waals surface area contributed by atoms with Crippen LogP contribution < -0.4 is 4.74 Å². The van der Waals surface area contributed by atoms with Crippen molar-refractivity contribution in [3.63, 3.8) is 0 Å². The van der Waals surface area contributed by atoms with E-state index < -0.39 is 6.10 Å². The number of methoxy groups -OCH3 is 1. The summed E-state index contributed by atoms with van der Waals surface area (Å²) in [4.78, 5) is 24.3. The van der Waals surface area contributed by atoms with Gasteiger partial charge in [0.05, 0.1) is 12.7 Å². The molecule has 0 aliphatic rings. The summed E-state index contributed by atoms with van der Waals surface area (Å²) in [7, 11) is 1.37. The number of esters is 2. The number of hydrogen-bond donors (Lipinski definition) is 0. The Morgan fingerprint density at radius 1 is 1.12 bits per heavy atom. The van der Waals surface area contributed by atoms with Crippen molar-refractivity contribution in [1.82, 2.24) is 4.57 Å². The van der Waals surface area contributed by atoms with Gasteiger partial charge in [-0.1, -0.05) is 38.6 Å². The lowest BCUT2D eigenvalue weighted by Crippen LogP contribution is -2.33. The Kier molecular flexibility index (Phi) is 7.59. The average molecular weight is 450 g/mol. The highest BCUT2D eigenvalue weighted by molar-refractivity contribution is 5.96. The van der Waals surface area contributed by atoms with E-state index in [1.807, 2.05) is 50.2 Å². The third kappa shape index (κ3) is 5.28. The van der Waals surface area contributed by atoms with Crippen LogP contribution in [-0.4, -0.2) is 36.3 Å². The molecule has 6 nitrogen and oxygen atoms in total. The average Bonchev–Trinajstić information content (AvgIpc) is 3.04. The Bertz CT molecular complexity index is 1170. The van der Waals surface area contributed by atoms with E-state index in [-0.39, 0.29) is 24.5 Å². The fourth-order valence-corrected chi connectivity index (χ4v) is 3.82. The first kappa shape index (κ1) is 24.1. The van der Waals surface area contributed by atoms with Crippen LogP contribution in [0, 0.1) is 19.8 Å². The molecule has 33 heavy (non-hydrogen) atoms. The molecule has 0 amide bonds. The van der Waals surface area contributed by atoms with Crippen LogP contribution in [0.2, 0.25) is 0 Å². The van der Waals surface area contributed by atoms with Crippen molar-refractivity contribution in [2.75, 3.05) is 13.7 Å². The third-order valence-corrected chi connectivity index (χ3v) is 5.75. The van der Waals surface area contributed by atoms with Crippen molar-refractivity contribution in [1.29, 1.82) is 0 Å². The zero-order chi connectivity index (χ0) is 24.1. The van der Waals surface area contributed by atoms with Crippen molar-refractivity contribution < 1.29 is 23.8 Å². The molecule has 0 saturated heterocycles. The lowest BCUT2D eigenvalue weighted by molar-refractivity contribution is -0.150. The fraction of sp³-hybridized carbons (Fsp3) is 0.333. The molecule has 1 heterocycles. The van der Waals surface area contributed by atoms with Crippen molar-refractivity contribution in [2.24, 2.45) is 5.92 Å². The number of fused-ring (bicyclic) bond motifs is 1. The molecular weight excluding hydrogens is 418 g/mol. The summed E-state index contributed by atoms with van der Waals surface area (Å²) in [5, 5.41) is 1.01. The first-order chi connectivity index (χ1) is 15.8. The van der Waals surface area contributed by atoms with E-state index >= 15 is 0 Å². The number of aryl methyl sites for hydroxylation is 1. The minimum Gasteiger partial charge on any atom is -0.478 e. The largest absolute Gasteiger partial charge is 0.478 e. The van der Waals surface area contributed by atoms with E-state index in [4.69, 9.17) is 14.2 Å². The predicted molar refractivity (Wildman–Crippen MR) is 129 cm³/mol. The van der Waals surface area contributed by atoms with Gasteiger partial charge in [0.2, 0.25) is 0 Å². The van der Waals surface area contributed by atoms with Gasteiger partial charge >= 0.3 is 11.9 Å². The van der Waals surface area contributed by atoms with Crippen molar-refractivity contribution in [3.8, 4) is 5.75 Å². The highest BCUT2D eigenvalue weighted by Crippen LogP contribution is 2.28. The zero-order valence-corrected chi connectivity index (χ0v) is 19.9. The van der Waals surface area contributed by atoms with E-state index in [0.717, 1.165) is 27.7 Å². The SMILES string of the molecule is C=CCOC(=O)c1ccc2c(c1)c(C)c(C)n2Cc1cccc(OC(C(=O)OC)C(C)C)c1. The molecule has 2 aromatic carbocycles. The molecule has 1 atom stereocenters. The highest BCUT2D eigenvalue weighted by atomic mass is 16.6. The third-order valence-electron chi connectivity index (χ3n) is 5.75. The van der Waals surface area contributed by atoms with Gasteiger partial charge in [0.15, 0.2) is 6.10 Å². The van der Waals surface area contributed by atoms with Crippen molar-refractivity contribution in [2.45, 2.75) is 40.3 Å². The monoisotopic (exact) mass is 449 g/mol. The van der Waals surface area contributed by atoms with Gasteiger partial charge in [-0.3, -0.25) is 0 Å². The second kappa shape index (κ2) is 10.4. The summed E-state index contributed by atoms with van der Waals surface area (Å²) in [6.45, 7) is 12.3. The Balaban J connectivity index is 1.90.